The Morgan fingerprint density at radius 2 is 1.96 bits per heavy atom. The quantitative estimate of drug-likeness (QED) is 0.605. The molecule has 0 amide bonds. The van der Waals surface area contributed by atoms with Crippen LogP contribution in [0.25, 0.3) is 10.2 Å². The number of esters is 1. The zero-order valence-electron chi connectivity index (χ0n) is 16.8. The summed E-state index contributed by atoms with van der Waals surface area (Å²) in [6.45, 7) is 8.04. The van der Waals surface area contributed by atoms with Crippen LogP contribution >= 0.6 is 11.3 Å². The zero-order valence-corrected chi connectivity index (χ0v) is 17.6. The second-order valence-corrected chi connectivity index (χ2v) is 8.29. The van der Waals surface area contributed by atoms with Crippen molar-refractivity contribution in [2.45, 2.75) is 40.7 Å². The molecule has 28 heavy (non-hydrogen) atoms. The number of hydrogen-bond donors (Lipinski definition) is 0. The first-order valence-corrected chi connectivity index (χ1v) is 9.74. The molecule has 0 saturated carbocycles. The van der Waals surface area contributed by atoms with Gasteiger partial charge in [-0.25, -0.2) is 9.59 Å². The summed E-state index contributed by atoms with van der Waals surface area (Å²) in [6.07, 6.45) is 0.365. The summed E-state index contributed by atoms with van der Waals surface area (Å²) in [5.41, 5.74) is 0.888. The van der Waals surface area contributed by atoms with Gasteiger partial charge in [-0.05, 0) is 19.8 Å². The zero-order chi connectivity index (χ0) is 20.7. The highest BCUT2D eigenvalue weighted by Crippen LogP contribution is 2.32. The molecule has 0 radical (unpaired) electrons. The van der Waals surface area contributed by atoms with Crippen molar-refractivity contribution in [1.29, 1.82) is 0 Å². The maximum atomic E-state index is 12.9. The topological polar surface area (TPSA) is 96.3 Å². The normalized spacial score (nSPS) is 11.5. The third kappa shape index (κ3) is 3.19. The van der Waals surface area contributed by atoms with E-state index in [1.54, 1.807) is 11.5 Å². The Hall–Kier alpha value is -2.68. The average molecular weight is 405 g/mol. The molecular weight excluding hydrogens is 382 g/mol. The van der Waals surface area contributed by atoms with Crippen LogP contribution in [-0.4, -0.2) is 27.4 Å². The molecule has 3 rings (SSSR count). The van der Waals surface area contributed by atoms with Gasteiger partial charge in [-0.1, -0.05) is 19.0 Å². The number of methoxy groups -OCH3 is 1. The Morgan fingerprint density at radius 3 is 2.50 bits per heavy atom. The van der Waals surface area contributed by atoms with Crippen molar-refractivity contribution in [3.8, 4) is 0 Å². The van der Waals surface area contributed by atoms with Gasteiger partial charge in [0.15, 0.2) is 0 Å². The number of ether oxygens (including phenoxy) is 1. The van der Waals surface area contributed by atoms with Gasteiger partial charge in [-0.3, -0.25) is 13.9 Å². The molecule has 0 unspecified atom stereocenters. The van der Waals surface area contributed by atoms with Crippen molar-refractivity contribution >= 4 is 27.5 Å². The molecule has 0 atom stereocenters. The fourth-order valence-electron chi connectivity index (χ4n) is 3.26. The minimum atomic E-state index is -0.597. The van der Waals surface area contributed by atoms with E-state index in [0.29, 0.717) is 28.4 Å². The lowest BCUT2D eigenvalue weighted by atomic mass is 10.1. The lowest BCUT2D eigenvalue weighted by Crippen LogP contribution is -2.38. The van der Waals surface area contributed by atoms with Crippen molar-refractivity contribution in [3.05, 3.63) is 48.3 Å². The predicted molar refractivity (Wildman–Crippen MR) is 106 cm³/mol. The highest BCUT2D eigenvalue weighted by molar-refractivity contribution is 7.19. The van der Waals surface area contributed by atoms with Gasteiger partial charge in [-0.15, -0.1) is 11.3 Å². The fourth-order valence-corrected chi connectivity index (χ4v) is 4.55. The SMILES string of the molecule is COC(=O)c1c(Cc2c(C)noc2C)sc2c1c(=O)n(C)c(=O)n2CC(C)C. The second kappa shape index (κ2) is 7.38. The van der Waals surface area contributed by atoms with Crippen LogP contribution in [0.3, 0.4) is 0 Å². The minimum Gasteiger partial charge on any atom is -0.465 e. The van der Waals surface area contributed by atoms with E-state index in [2.05, 4.69) is 5.16 Å². The van der Waals surface area contributed by atoms with Crippen LogP contribution in [0.15, 0.2) is 14.1 Å². The van der Waals surface area contributed by atoms with Crippen molar-refractivity contribution in [3.63, 3.8) is 0 Å². The van der Waals surface area contributed by atoms with Gasteiger partial charge in [0.2, 0.25) is 0 Å². The number of aromatic nitrogens is 3. The van der Waals surface area contributed by atoms with Crippen LogP contribution in [0.4, 0.5) is 0 Å². The molecule has 3 aromatic heterocycles. The van der Waals surface area contributed by atoms with Crippen LogP contribution in [0.2, 0.25) is 0 Å². The van der Waals surface area contributed by atoms with Crippen molar-refractivity contribution < 1.29 is 14.1 Å². The first-order valence-electron chi connectivity index (χ1n) is 8.92. The smallest absolute Gasteiger partial charge is 0.339 e. The Kier molecular flexibility index (Phi) is 5.29. The maximum absolute atomic E-state index is 12.9. The lowest BCUT2D eigenvalue weighted by molar-refractivity contribution is 0.0602. The third-order valence-corrected chi connectivity index (χ3v) is 5.91. The van der Waals surface area contributed by atoms with Gasteiger partial charge in [0.25, 0.3) is 5.56 Å². The largest absolute Gasteiger partial charge is 0.465 e. The monoisotopic (exact) mass is 405 g/mol. The molecule has 9 heteroatoms. The molecule has 3 aromatic rings. The molecule has 0 saturated heterocycles. The van der Waals surface area contributed by atoms with E-state index in [4.69, 9.17) is 9.26 Å². The lowest BCUT2D eigenvalue weighted by Gasteiger charge is -2.11. The molecule has 0 fully saturated rings. The molecule has 8 nitrogen and oxygen atoms in total. The predicted octanol–water partition coefficient (Wildman–Crippen LogP) is 2.40. The van der Waals surface area contributed by atoms with E-state index < -0.39 is 17.2 Å². The van der Waals surface area contributed by atoms with Crippen LogP contribution < -0.4 is 11.2 Å². The molecule has 0 N–H and O–H groups in total. The molecule has 0 aliphatic carbocycles. The van der Waals surface area contributed by atoms with Crippen molar-refractivity contribution in [2.75, 3.05) is 7.11 Å². The first kappa shape index (κ1) is 20.1. The van der Waals surface area contributed by atoms with E-state index >= 15 is 0 Å². The van der Waals surface area contributed by atoms with E-state index in [0.717, 1.165) is 15.8 Å². The van der Waals surface area contributed by atoms with E-state index in [9.17, 15) is 14.4 Å². The summed E-state index contributed by atoms with van der Waals surface area (Å²) in [7, 11) is 2.70. The summed E-state index contributed by atoms with van der Waals surface area (Å²) in [4.78, 5) is 39.3. The molecule has 150 valence electrons. The number of rotatable bonds is 5. The number of nitrogens with zero attached hydrogens (tertiary/aromatic N) is 3. The summed E-state index contributed by atoms with van der Waals surface area (Å²) >= 11 is 1.27. The molecule has 0 bridgehead atoms. The van der Waals surface area contributed by atoms with Gasteiger partial charge in [0.1, 0.15) is 10.6 Å². The summed E-state index contributed by atoms with van der Waals surface area (Å²) in [6, 6.07) is 0. The van der Waals surface area contributed by atoms with Gasteiger partial charge >= 0.3 is 11.7 Å². The van der Waals surface area contributed by atoms with Crippen LogP contribution in [0, 0.1) is 19.8 Å². The Morgan fingerprint density at radius 1 is 1.29 bits per heavy atom. The maximum Gasteiger partial charge on any atom is 0.339 e. The molecular formula is C19H23N3O5S. The van der Waals surface area contributed by atoms with E-state index in [1.807, 2.05) is 20.8 Å². The minimum absolute atomic E-state index is 0.188. The Labute approximate surface area is 165 Å². The standard InChI is InChI=1S/C19H23N3O5S/c1-9(2)8-22-17-15(16(23)21(5)19(22)25)14(18(24)26-6)13(28-17)7-12-10(3)20-27-11(12)4/h9H,7-8H2,1-6H3. The summed E-state index contributed by atoms with van der Waals surface area (Å²) < 4.78 is 12.8. The van der Waals surface area contributed by atoms with E-state index in [1.165, 1.54) is 25.5 Å². The highest BCUT2D eigenvalue weighted by atomic mass is 32.1. The molecule has 0 spiro atoms. The van der Waals surface area contributed by atoms with E-state index in [-0.39, 0.29) is 16.9 Å². The van der Waals surface area contributed by atoms with Crippen LogP contribution in [0.1, 0.15) is 46.1 Å². The van der Waals surface area contributed by atoms with Gasteiger partial charge in [0.05, 0.1) is 23.8 Å². The fraction of sp³-hybridized carbons (Fsp3) is 0.474. The molecule has 0 aromatic carbocycles. The molecule has 0 aliphatic heterocycles. The molecule has 3 heterocycles. The first-order chi connectivity index (χ1) is 13.2. The Bertz CT molecular complexity index is 1160. The number of carbonyl (C=O) groups excluding carboxylic acids is 1. The highest BCUT2D eigenvalue weighted by Gasteiger charge is 2.27. The second-order valence-electron chi connectivity index (χ2n) is 7.20. The van der Waals surface area contributed by atoms with Crippen molar-refractivity contribution in [1.82, 2.24) is 14.3 Å². The Balaban J connectivity index is 2.39. The van der Waals surface area contributed by atoms with Gasteiger partial charge < -0.3 is 9.26 Å². The number of aryl methyl sites for hydroxylation is 2. The van der Waals surface area contributed by atoms with Gasteiger partial charge in [0, 0.05) is 30.5 Å². The summed E-state index contributed by atoms with van der Waals surface area (Å²) in [5.74, 6) is 0.242. The summed E-state index contributed by atoms with van der Waals surface area (Å²) in [5, 5.41) is 4.18. The van der Waals surface area contributed by atoms with Gasteiger partial charge in [-0.2, -0.15) is 0 Å². The average Bonchev–Trinajstić information content (AvgIpc) is 3.18. The third-order valence-electron chi connectivity index (χ3n) is 4.70. The number of hydrogen-bond acceptors (Lipinski definition) is 7. The number of fused-ring (bicyclic) bond motifs is 1. The van der Waals surface area contributed by atoms with Crippen LogP contribution in [-0.2, 0) is 24.8 Å². The van der Waals surface area contributed by atoms with Crippen LogP contribution in [0.5, 0.6) is 0 Å². The number of carbonyl (C=O) groups is 1. The molecule has 0 aliphatic rings. The van der Waals surface area contributed by atoms with Crippen molar-refractivity contribution in [2.24, 2.45) is 13.0 Å². The number of thiophene rings is 1.